The Bertz CT molecular complexity index is 709. The fraction of sp³-hybridized carbons (Fsp3) is 0.529. The number of carbonyl (C=O) groups is 1. The van der Waals surface area contributed by atoms with Gasteiger partial charge in [0.2, 0.25) is 17.7 Å². The summed E-state index contributed by atoms with van der Waals surface area (Å²) in [6.07, 6.45) is 1.81. The zero-order valence-electron chi connectivity index (χ0n) is 14.7. The molecule has 3 rings (SSSR count). The minimum absolute atomic E-state index is 0.0642. The summed E-state index contributed by atoms with van der Waals surface area (Å²) < 4.78 is 15.9. The third kappa shape index (κ3) is 4.07. The van der Waals surface area contributed by atoms with E-state index in [0.717, 1.165) is 23.4 Å². The summed E-state index contributed by atoms with van der Waals surface area (Å²) in [6.45, 7) is 5.02. The maximum absolute atomic E-state index is 12.4. The summed E-state index contributed by atoms with van der Waals surface area (Å²) in [5.74, 6) is 1.78. The second kappa shape index (κ2) is 7.50. The SMILES string of the molecule is COc1ccc(O[C@H]2CCN(C(=O)CCc3c(C)noc3C)C2)nn1. The Morgan fingerprint density at radius 2 is 2.08 bits per heavy atom. The molecular weight excluding hydrogens is 324 g/mol. The van der Waals surface area contributed by atoms with Gasteiger partial charge in [-0.2, -0.15) is 0 Å². The molecule has 0 aromatic carbocycles. The number of carbonyl (C=O) groups excluding carboxylic acids is 1. The fourth-order valence-electron chi connectivity index (χ4n) is 2.95. The molecule has 0 spiro atoms. The highest BCUT2D eigenvalue weighted by Crippen LogP contribution is 2.19. The number of hydrogen-bond acceptors (Lipinski definition) is 7. The molecule has 0 aliphatic carbocycles. The summed E-state index contributed by atoms with van der Waals surface area (Å²) in [6, 6.07) is 3.41. The standard InChI is InChI=1S/C17H22N4O4/c1-11-14(12(2)25-20-11)4-7-17(22)21-9-8-13(10-21)24-16-6-5-15(23-3)18-19-16/h5-6,13H,4,7-10H2,1-3H3/t13-/m0/s1. The third-order valence-electron chi connectivity index (χ3n) is 4.38. The summed E-state index contributed by atoms with van der Waals surface area (Å²) in [7, 11) is 1.54. The van der Waals surface area contributed by atoms with E-state index >= 15 is 0 Å². The number of ether oxygens (including phenoxy) is 2. The van der Waals surface area contributed by atoms with E-state index in [9.17, 15) is 4.79 Å². The third-order valence-corrected chi connectivity index (χ3v) is 4.38. The van der Waals surface area contributed by atoms with Gasteiger partial charge in [-0.15, -0.1) is 10.2 Å². The van der Waals surface area contributed by atoms with Crippen molar-refractivity contribution in [2.75, 3.05) is 20.2 Å². The molecule has 8 nitrogen and oxygen atoms in total. The first-order chi connectivity index (χ1) is 12.1. The Morgan fingerprint density at radius 1 is 1.32 bits per heavy atom. The van der Waals surface area contributed by atoms with Crippen LogP contribution < -0.4 is 9.47 Å². The first-order valence-corrected chi connectivity index (χ1v) is 8.30. The van der Waals surface area contributed by atoms with E-state index in [4.69, 9.17) is 14.0 Å². The normalized spacial score (nSPS) is 16.9. The van der Waals surface area contributed by atoms with Gasteiger partial charge in [0.05, 0.1) is 19.3 Å². The van der Waals surface area contributed by atoms with Crippen LogP contribution in [-0.4, -0.2) is 52.5 Å². The van der Waals surface area contributed by atoms with Crippen LogP contribution >= 0.6 is 0 Å². The van der Waals surface area contributed by atoms with Crippen LogP contribution in [0.1, 0.15) is 29.9 Å². The summed E-state index contributed by atoms with van der Waals surface area (Å²) >= 11 is 0. The maximum atomic E-state index is 12.4. The number of aromatic nitrogens is 3. The van der Waals surface area contributed by atoms with Crippen molar-refractivity contribution in [2.45, 2.75) is 39.2 Å². The molecule has 0 bridgehead atoms. The average Bonchev–Trinajstić information content (AvgIpc) is 3.21. The quantitative estimate of drug-likeness (QED) is 0.786. The predicted octanol–water partition coefficient (Wildman–Crippen LogP) is 1.70. The lowest BCUT2D eigenvalue weighted by Gasteiger charge is -2.17. The Hall–Kier alpha value is -2.64. The van der Waals surface area contributed by atoms with Crippen molar-refractivity contribution < 1.29 is 18.8 Å². The van der Waals surface area contributed by atoms with Gasteiger partial charge in [-0.1, -0.05) is 5.16 Å². The number of likely N-dealkylation sites (tertiary alicyclic amines) is 1. The highest BCUT2D eigenvalue weighted by atomic mass is 16.5. The van der Waals surface area contributed by atoms with Crippen LogP contribution in [-0.2, 0) is 11.2 Å². The van der Waals surface area contributed by atoms with E-state index in [0.29, 0.717) is 37.7 Å². The number of aryl methyl sites for hydroxylation is 2. The van der Waals surface area contributed by atoms with Crippen LogP contribution in [0.25, 0.3) is 0 Å². The number of amides is 1. The van der Waals surface area contributed by atoms with Crippen molar-refractivity contribution in [2.24, 2.45) is 0 Å². The van der Waals surface area contributed by atoms with Crippen LogP contribution in [0.4, 0.5) is 0 Å². The van der Waals surface area contributed by atoms with E-state index < -0.39 is 0 Å². The highest BCUT2D eigenvalue weighted by Gasteiger charge is 2.28. The van der Waals surface area contributed by atoms with Crippen LogP contribution in [0.5, 0.6) is 11.8 Å². The molecule has 134 valence electrons. The first-order valence-electron chi connectivity index (χ1n) is 8.30. The van der Waals surface area contributed by atoms with E-state index in [1.165, 1.54) is 7.11 Å². The fourth-order valence-corrected chi connectivity index (χ4v) is 2.95. The number of hydrogen-bond donors (Lipinski definition) is 0. The van der Waals surface area contributed by atoms with Crippen LogP contribution in [0.3, 0.4) is 0 Å². The lowest BCUT2D eigenvalue weighted by atomic mass is 10.1. The molecule has 8 heteroatoms. The van der Waals surface area contributed by atoms with Gasteiger partial charge in [0.1, 0.15) is 11.9 Å². The van der Waals surface area contributed by atoms with Crippen molar-refractivity contribution in [1.29, 1.82) is 0 Å². The number of rotatable bonds is 6. The summed E-state index contributed by atoms with van der Waals surface area (Å²) in [4.78, 5) is 14.3. The maximum Gasteiger partial charge on any atom is 0.233 e. The second-order valence-corrected chi connectivity index (χ2v) is 6.08. The van der Waals surface area contributed by atoms with Gasteiger partial charge in [0, 0.05) is 37.1 Å². The average molecular weight is 346 g/mol. The van der Waals surface area contributed by atoms with Crippen LogP contribution in [0.15, 0.2) is 16.7 Å². The molecule has 0 radical (unpaired) electrons. The molecule has 1 fully saturated rings. The first kappa shape index (κ1) is 17.2. The molecule has 0 saturated carbocycles. The summed E-state index contributed by atoms with van der Waals surface area (Å²) in [5.41, 5.74) is 1.87. The van der Waals surface area contributed by atoms with E-state index in [2.05, 4.69) is 15.4 Å². The topological polar surface area (TPSA) is 90.6 Å². The molecule has 0 N–H and O–H groups in total. The highest BCUT2D eigenvalue weighted by molar-refractivity contribution is 5.76. The number of methoxy groups -OCH3 is 1. The predicted molar refractivity (Wildman–Crippen MR) is 88.5 cm³/mol. The molecule has 1 aliphatic heterocycles. The molecule has 1 atom stereocenters. The van der Waals surface area contributed by atoms with Crippen molar-refractivity contribution in [3.05, 3.63) is 29.2 Å². The monoisotopic (exact) mass is 346 g/mol. The number of nitrogens with zero attached hydrogens (tertiary/aromatic N) is 4. The molecule has 1 amide bonds. The van der Waals surface area contributed by atoms with Crippen molar-refractivity contribution in [3.63, 3.8) is 0 Å². The minimum atomic E-state index is -0.0642. The van der Waals surface area contributed by atoms with Crippen LogP contribution in [0.2, 0.25) is 0 Å². The minimum Gasteiger partial charge on any atom is -0.480 e. The lowest BCUT2D eigenvalue weighted by Crippen LogP contribution is -2.31. The van der Waals surface area contributed by atoms with Crippen molar-refractivity contribution in [3.8, 4) is 11.8 Å². The molecule has 3 heterocycles. The summed E-state index contributed by atoms with van der Waals surface area (Å²) in [5, 5.41) is 11.8. The van der Waals surface area contributed by atoms with Gasteiger partial charge < -0.3 is 18.9 Å². The Balaban J connectivity index is 1.49. The molecular formula is C17H22N4O4. The molecule has 25 heavy (non-hydrogen) atoms. The zero-order valence-corrected chi connectivity index (χ0v) is 14.7. The molecule has 1 saturated heterocycles. The van der Waals surface area contributed by atoms with E-state index in [1.54, 1.807) is 12.1 Å². The second-order valence-electron chi connectivity index (χ2n) is 6.08. The smallest absolute Gasteiger partial charge is 0.233 e. The van der Waals surface area contributed by atoms with Gasteiger partial charge in [-0.05, 0) is 20.3 Å². The Morgan fingerprint density at radius 3 is 2.72 bits per heavy atom. The van der Waals surface area contributed by atoms with Gasteiger partial charge in [0.25, 0.3) is 0 Å². The Labute approximate surface area is 146 Å². The lowest BCUT2D eigenvalue weighted by molar-refractivity contribution is -0.130. The van der Waals surface area contributed by atoms with Gasteiger partial charge in [0.15, 0.2) is 0 Å². The van der Waals surface area contributed by atoms with E-state index in [-0.39, 0.29) is 12.0 Å². The molecule has 2 aromatic rings. The van der Waals surface area contributed by atoms with Gasteiger partial charge >= 0.3 is 0 Å². The zero-order chi connectivity index (χ0) is 17.8. The Kier molecular flexibility index (Phi) is 5.16. The van der Waals surface area contributed by atoms with Gasteiger partial charge in [-0.25, -0.2) is 0 Å². The largest absolute Gasteiger partial charge is 0.480 e. The van der Waals surface area contributed by atoms with E-state index in [1.807, 2.05) is 18.7 Å². The van der Waals surface area contributed by atoms with Crippen molar-refractivity contribution in [1.82, 2.24) is 20.3 Å². The molecule has 0 unspecified atom stereocenters. The van der Waals surface area contributed by atoms with Gasteiger partial charge in [-0.3, -0.25) is 4.79 Å². The molecule has 2 aromatic heterocycles. The molecule has 1 aliphatic rings. The van der Waals surface area contributed by atoms with Crippen LogP contribution in [0, 0.1) is 13.8 Å². The van der Waals surface area contributed by atoms with Crippen molar-refractivity contribution >= 4 is 5.91 Å².